The van der Waals surface area contributed by atoms with Crippen molar-refractivity contribution in [2.45, 2.75) is 6.61 Å². The van der Waals surface area contributed by atoms with E-state index < -0.39 is 0 Å². The number of thiophene rings is 1. The van der Waals surface area contributed by atoms with Crippen LogP contribution in [-0.2, 0) is 6.61 Å². The van der Waals surface area contributed by atoms with Crippen LogP contribution in [0.3, 0.4) is 0 Å². The minimum absolute atomic E-state index is 0.205. The number of ether oxygens (including phenoxy) is 1. The van der Waals surface area contributed by atoms with E-state index in [1.165, 1.54) is 6.39 Å². The maximum Gasteiger partial charge on any atom is 0.264 e. The molecular weight excluding hydrogens is 316 g/mol. The van der Waals surface area contributed by atoms with Gasteiger partial charge in [-0.15, -0.1) is 10.2 Å². The van der Waals surface area contributed by atoms with Gasteiger partial charge in [0.15, 0.2) is 6.61 Å². The van der Waals surface area contributed by atoms with E-state index in [0.29, 0.717) is 23.4 Å². The second-order valence-electron chi connectivity index (χ2n) is 4.58. The smallest absolute Gasteiger partial charge is 0.264 e. The Balaban J connectivity index is 1.41. The molecule has 0 amide bonds. The van der Waals surface area contributed by atoms with Crippen LogP contribution in [0.25, 0.3) is 22.8 Å². The number of hydrogen-bond acceptors (Lipinski definition) is 8. The summed E-state index contributed by atoms with van der Waals surface area (Å²) in [6, 6.07) is 9.25. The number of hydrogen-bond donors (Lipinski definition) is 0. The van der Waals surface area contributed by atoms with E-state index in [-0.39, 0.29) is 6.61 Å². The molecule has 0 saturated heterocycles. The van der Waals surface area contributed by atoms with Crippen LogP contribution in [0.15, 0.2) is 56.4 Å². The zero-order valence-electron chi connectivity index (χ0n) is 11.7. The first-order chi connectivity index (χ1) is 11.4. The molecule has 0 fully saturated rings. The Morgan fingerprint density at radius 1 is 1.09 bits per heavy atom. The lowest BCUT2D eigenvalue weighted by molar-refractivity contribution is 0.243. The van der Waals surface area contributed by atoms with Gasteiger partial charge in [0.1, 0.15) is 5.75 Å². The van der Waals surface area contributed by atoms with Gasteiger partial charge in [0.05, 0.1) is 0 Å². The zero-order valence-corrected chi connectivity index (χ0v) is 12.6. The van der Waals surface area contributed by atoms with E-state index in [9.17, 15) is 0 Å². The van der Waals surface area contributed by atoms with Crippen LogP contribution in [-0.4, -0.2) is 20.3 Å². The quantitative estimate of drug-likeness (QED) is 0.555. The normalized spacial score (nSPS) is 10.8. The first-order valence-corrected chi connectivity index (χ1v) is 7.67. The third-order valence-electron chi connectivity index (χ3n) is 3.07. The predicted molar refractivity (Wildman–Crippen MR) is 81.7 cm³/mol. The van der Waals surface area contributed by atoms with Gasteiger partial charge in [-0.25, -0.2) is 0 Å². The molecule has 0 aliphatic carbocycles. The van der Waals surface area contributed by atoms with Crippen molar-refractivity contribution in [3.63, 3.8) is 0 Å². The molecule has 0 bridgehead atoms. The fraction of sp³-hybridized carbons (Fsp3) is 0.0667. The SMILES string of the molecule is c1nnc(-c2ccc(OCc3nc(-c4ccsc4)no3)cc2)o1. The van der Waals surface area contributed by atoms with Crippen molar-refractivity contribution in [2.75, 3.05) is 0 Å². The lowest BCUT2D eigenvalue weighted by Gasteiger charge is -2.03. The maximum absolute atomic E-state index is 5.63. The Labute approximate surface area is 134 Å². The van der Waals surface area contributed by atoms with Gasteiger partial charge in [-0.3, -0.25) is 0 Å². The van der Waals surface area contributed by atoms with Gasteiger partial charge >= 0.3 is 0 Å². The minimum atomic E-state index is 0.205. The maximum atomic E-state index is 5.63. The molecule has 0 saturated carbocycles. The Morgan fingerprint density at radius 2 is 2.00 bits per heavy atom. The average molecular weight is 326 g/mol. The molecule has 0 N–H and O–H groups in total. The molecule has 0 atom stereocenters. The summed E-state index contributed by atoms with van der Waals surface area (Å²) >= 11 is 1.58. The van der Waals surface area contributed by atoms with E-state index in [2.05, 4.69) is 20.3 Å². The van der Waals surface area contributed by atoms with Crippen LogP contribution in [0, 0.1) is 0 Å². The third kappa shape index (κ3) is 2.97. The van der Waals surface area contributed by atoms with Crippen molar-refractivity contribution in [1.29, 1.82) is 0 Å². The van der Waals surface area contributed by atoms with Crippen molar-refractivity contribution in [3.05, 3.63) is 53.4 Å². The second-order valence-corrected chi connectivity index (χ2v) is 5.36. The highest BCUT2D eigenvalue weighted by Crippen LogP contribution is 2.22. The molecule has 0 aliphatic rings. The lowest BCUT2D eigenvalue weighted by atomic mass is 10.2. The predicted octanol–water partition coefficient (Wildman–Crippen LogP) is 3.43. The van der Waals surface area contributed by atoms with Crippen molar-refractivity contribution in [1.82, 2.24) is 20.3 Å². The summed E-state index contributed by atoms with van der Waals surface area (Å²) < 4.78 is 15.9. The van der Waals surface area contributed by atoms with Crippen LogP contribution in [0.5, 0.6) is 5.75 Å². The molecule has 114 valence electrons. The van der Waals surface area contributed by atoms with E-state index in [1.54, 1.807) is 11.3 Å². The Bertz CT molecular complexity index is 870. The zero-order chi connectivity index (χ0) is 15.5. The highest BCUT2D eigenvalue weighted by Gasteiger charge is 2.10. The van der Waals surface area contributed by atoms with Gasteiger partial charge < -0.3 is 13.7 Å². The Kier molecular flexibility index (Phi) is 3.57. The summed E-state index contributed by atoms with van der Waals surface area (Å²) in [5.74, 6) is 2.14. The highest BCUT2D eigenvalue weighted by molar-refractivity contribution is 7.08. The number of benzene rings is 1. The van der Waals surface area contributed by atoms with E-state index >= 15 is 0 Å². The molecule has 3 heterocycles. The molecule has 0 radical (unpaired) electrons. The van der Waals surface area contributed by atoms with Crippen molar-refractivity contribution in [2.24, 2.45) is 0 Å². The minimum Gasteiger partial charge on any atom is -0.484 e. The highest BCUT2D eigenvalue weighted by atomic mass is 32.1. The van der Waals surface area contributed by atoms with Crippen LogP contribution in [0.1, 0.15) is 5.89 Å². The third-order valence-corrected chi connectivity index (χ3v) is 3.75. The molecule has 4 rings (SSSR count). The molecule has 3 aromatic heterocycles. The van der Waals surface area contributed by atoms with E-state index in [0.717, 1.165) is 11.1 Å². The largest absolute Gasteiger partial charge is 0.484 e. The van der Waals surface area contributed by atoms with Gasteiger partial charge in [-0.1, -0.05) is 5.16 Å². The Morgan fingerprint density at radius 3 is 2.74 bits per heavy atom. The number of rotatable bonds is 5. The summed E-state index contributed by atoms with van der Waals surface area (Å²) in [6.07, 6.45) is 1.29. The number of aromatic nitrogens is 4. The van der Waals surface area contributed by atoms with Gasteiger partial charge in [0.2, 0.25) is 18.1 Å². The molecule has 0 aliphatic heterocycles. The van der Waals surface area contributed by atoms with Crippen molar-refractivity contribution < 1.29 is 13.7 Å². The van der Waals surface area contributed by atoms with Crippen LogP contribution in [0.4, 0.5) is 0 Å². The molecule has 1 aromatic carbocycles. The molecule has 7 nitrogen and oxygen atoms in total. The fourth-order valence-electron chi connectivity index (χ4n) is 1.96. The molecular formula is C15H10N4O3S. The Hall–Kier alpha value is -3.00. The van der Waals surface area contributed by atoms with E-state index in [4.69, 9.17) is 13.7 Å². The molecule has 23 heavy (non-hydrogen) atoms. The standard InChI is InChI=1S/C15H10N4O3S/c1-3-12(4-2-10(1)15-18-16-9-21-15)20-7-13-17-14(19-22-13)11-5-6-23-8-11/h1-6,8-9H,7H2. The van der Waals surface area contributed by atoms with Crippen LogP contribution in [0.2, 0.25) is 0 Å². The first-order valence-electron chi connectivity index (χ1n) is 6.73. The average Bonchev–Trinajstić information content (AvgIpc) is 3.35. The van der Waals surface area contributed by atoms with Crippen LogP contribution >= 0.6 is 11.3 Å². The fourth-order valence-corrected chi connectivity index (χ4v) is 2.59. The topological polar surface area (TPSA) is 87.1 Å². The summed E-state index contributed by atoms with van der Waals surface area (Å²) in [6.45, 7) is 0.205. The van der Waals surface area contributed by atoms with Gasteiger partial charge in [-0.2, -0.15) is 16.3 Å². The second kappa shape index (κ2) is 6.01. The van der Waals surface area contributed by atoms with Crippen LogP contribution < -0.4 is 4.74 Å². The lowest BCUT2D eigenvalue weighted by Crippen LogP contribution is -1.95. The van der Waals surface area contributed by atoms with Gasteiger partial charge in [0.25, 0.3) is 5.89 Å². The first kappa shape index (κ1) is 13.6. The summed E-state index contributed by atoms with van der Waals surface area (Å²) in [4.78, 5) is 4.30. The summed E-state index contributed by atoms with van der Waals surface area (Å²) in [5.41, 5.74) is 1.77. The molecule has 4 aromatic rings. The molecule has 0 spiro atoms. The summed E-state index contributed by atoms with van der Waals surface area (Å²) in [7, 11) is 0. The molecule has 0 unspecified atom stereocenters. The summed E-state index contributed by atoms with van der Waals surface area (Å²) in [5, 5.41) is 15.4. The van der Waals surface area contributed by atoms with Gasteiger partial charge in [0, 0.05) is 16.5 Å². The number of nitrogens with zero attached hydrogens (tertiary/aromatic N) is 4. The molecule has 8 heteroatoms. The monoisotopic (exact) mass is 326 g/mol. The van der Waals surface area contributed by atoms with E-state index in [1.807, 2.05) is 41.1 Å². The van der Waals surface area contributed by atoms with Crippen molar-refractivity contribution in [3.8, 4) is 28.6 Å². The van der Waals surface area contributed by atoms with Gasteiger partial charge in [-0.05, 0) is 35.7 Å². The van der Waals surface area contributed by atoms with Crippen molar-refractivity contribution >= 4 is 11.3 Å².